The molecule has 6 nitrogen and oxygen atoms in total. The molecule has 0 spiro atoms. The van der Waals surface area contributed by atoms with Crippen LogP contribution < -0.4 is 10.2 Å². The Morgan fingerprint density at radius 2 is 1.78 bits per heavy atom. The van der Waals surface area contributed by atoms with Gasteiger partial charge in [0.2, 0.25) is 0 Å². The molecular formula is C19H22Cl2N3O3+. The van der Waals surface area contributed by atoms with Crippen LogP contribution >= 0.6 is 23.2 Å². The normalized spacial score (nSPS) is 10.7. The van der Waals surface area contributed by atoms with Crippen LogP contribution in [0.3, 0.4) is 0 Å². The number of hydrogen-bond donors (Lipinski definition) is 2. The molecule has 1 aromatic heterocycles. The second kappa shape index (κ2) is 10.3. The fraction of sp³-hybridized carbons (Fsp3) is 0.316. The maximum atomic E-state index is 12.2. The molecule has 2 N–H and O–H groups in total. The van der Waals surface area contributed by atoms with Gasteiger partial charge in [-0.3, -0.25) is 4.79 Å². The number of aromatic nitrogens is 1. The molecule has 0 radical (unpaired) electrons. The van der Waals surface area contributed by atoms with E-state index in [0.717, 1.165) is 19.6 Å². The number of hydrogen-bond acceptors (Lipinski definition) is 4. The van der Waals surface area contributed by atoms with Crippen LogP contribution in [-0.2, 0) is 4.74 Å². The summed E-state index contributed by atoms with van der Waals surface area (Å²) < 4.78 is 5.29. The van der Waals surface area contributed by atoms with Crippen molar-refractivity contribution in [3.8, 4) is 0 Å². The highest BCUT2D eigenvalue weighted by Gasteiger charge is 2.12. The van der Waals surface area contributed by atoms with Crippen molar-refractivity contribution in [2.75, 3.05) is 31.6 Å². The number of amides is 1. The fourth-order valence-electron chi connectivity index (χ4n) is 2.41. The van der Waals surface area contributed by atoms with E-state index < -0.39 is 0 Å². The van der Waals surface area contributed by atoms with Gasteiger partial charge in [-0.15, -0.1) is 0 Å². The molecule has 0 saturated heterocycles. The van der Waals surface area contributed by atoms with E-state index in [1.54, 1.807) is 24.3 Å². The van der Waals surface area contributed by atoms with Gasteiger partial charge in [-0.2, -0.15) is 0 Å². The lowest BCUT2D eigenvalue weighted by molar-refractivity contribution is -0.896. The van der Waals surface area contributed by atoms with Crippen molar-refractivity contribution in [1.82, 2.24) is 4.98 Å². The first-order valence-corrected chi connectivity index (χ1v) is 9.43. The predicted octanol–water partition coefficient (Wildman–Crippen LogP) is 2.72. The van der Waals surface area contributed by atoms with Crippen LogP contribution in [0.15, 0.2) is 36.5 Å². The molecule has 0 fully saturated rings. The van der Waals surface area contributed by atoms with Crippen molar-refractivity contribution in [2.24, 2.45) is 0 Å². The molecule has 0 atom stereocenters. The summed E-state index contributed by atoms with van der Waals surface area (Å²) in [7, 11) is 0. The Bertz CT molecular complexity index is 793. The zero-order valence-electron chi connectivity index (χ0n) is 15.2. The number of halogens is 2. The number of likely N-dealkylation sites (N-methyl/N-ethyl adjacent to an activating group) is 1. The molecule has 27 heavy (non-hydrogen) atoms. The smallest absolute Gasteiger partial charge is 0.338 e. The summed E-state index contributed by atoms with van der Waals surface area (Å²) in [4.78, 5) is 29.5. The van der Waals surface area contributed by atoms with E-state index in [2.05, 4.69) is 24.1 Å². The number of carbonyl (C=O) groups is 2. The third kappa shape index (κ3) is 6.20. The predicted molar refractivity (Wildman–Crippen MR) is 106 cm³/mol. The lowest BCUT2D eigenvalue weighted by atomic mass is 10.2. The highest BCUT2D eigenvalue weighted by Crippen LogP contribution is 2.20. The summed E-state index contributed by atoms with van der Waals surface area (Å²) in [6.45, 7) is 7.35. The first-order valence-electron chi connectivity index (χ1n) is 8.67. The summed E-state index contributed by atoms with van der Waals surface area (Å²) in [6.07, 6.45) is 1.34. The zero-order chi connectivity index (χ0) is 19.8. The van der Waals surface area contributed by atoms with Crippen LogP contribution in [0, 0.1) is 0 Å². The van der Waals surface area contributed by atoms with Gasteiger partial charge in [0.1, 0.15) is 18.3 Å². The molecule has 0 saturated carbocycles. The van der Waals surface area contributed by atoms with Crippen LogP contribution in [0.1, 0.15) is 34.6 Å². The van der Waals surface area contributed by atoms with Gasteiger partial charge >= 0.3 is 5.97 Å². The topological polar surface area (TPSA) is 72.7 Å². The van der Waals surface area contributed by atoms with Crippen LogP contribution in [0.4, 0.5) is 5.69 Å². The number of pyridine rings is 1. The lowest BCUT2D eigenvalue weighted by Crippen LogP contribution is -3.11. The van der Waals surface area contributed by atoms with E-state index in [1.165, 1.54) is 17.2 Å². The number of carbonyl (C=O) groups excluding carboxylic acids is 2. The highest BCUT2D eigenvalue weighted by molar-refractivity contribution is 6.41. The van der Waals surface area contributed by atoms with Gasteiger partial charge in [-0.1, -0.05) is 23.2 Å². The largest absolute Gasteiger partial charge is 0.456 e. The molecule has 2 rings (SSSR count). The number of benzene rings is 1. The average molecular weight is 411 g/mol. The molecule has 0 bridgehead atoms. The number of rotatable bonds is 8. The molecule has 1 heterocycles. The SMILES string of the molecule is CC[NH+](CC)CCOC(=O)c1ccc(NC(=O)c2cnc(Cl)c(Cl)c2)cc1. The van der Waals surface area contributed by atoms with Crippen molar-refractivity contribution >= 4 is 40.8 Å². The van der Waals surface area contributed by atoms with Gasteiger partial charge < -0.3 is 15.0 Å². The minimum atomic E-state index is -0.381. The monoisotopic (exact) mass is 410 g/mol. The Morgan fingerprint density at radius 1 is 1.11 bits per heavy atom. The molecule has 0 aliphatic heterocycles. The second-order valence-electron chi connectivity index (χ2n) is 5.87. The fourth-order valence-corrected chi connectivity index (χ4v) is 2.68. The Labute approximate surface area is 168 Å². The van der Waals surface area contributed by atoms with Gasteiger partial charge in [0, 0.05) is 11.9 Å². The van der Waals surface area contributed by atoms with Crippen LogP contribution in [0.5, 0.6) is 0 Å². The molecule has 1 aromatic carbocycles. The van der Waals surface area contributed by atoms with E-state index >= 15 is 0 Å². The van der Waals surface area contributed by atoms with Crippen molar-refractivity contribution in [3.63, 3.8) is 0 Å². The number of ether oxygens (including phenoxy) is 1. The van der Waals surface area contributed by atoms with Gasteiger partial charge in [0.05, 0.1) is 29.2 Å². The summed E-state index contributed by atoms with van der Waals surface area (Å²) in [5, 5.41) is 3.05. The summed E-state index contributed by atoms with van der Waals surface area (Å²) in [5.74, 6) is -0.758. The van der Waals surface area contributed by atoms with Gasteiger partial charge in [0.25, 0.3) is 5.91 Å². The number of anilines is 1. The molecule has 144 valence electrons. The van der Waals surface area contributed by atoms with Crippen LogP contribution in [0.2, 0.25) is 10.2 Å². The van der Waals surface area contributed by atoms with Crippen molar-refractivity contribution in [1.29, 1.82) is 0 Å². The minimum absolute atomic E-state index is 0.138. The third-order valence-corrected chi connectivity index (χ3v) is 4.81. The van der Waals surface area contributed by atoms with Crippen molar-refractivity contribution in [2.45, 2.75) is 13.8 Å². The molecule has 0 aliphatic carbocycles. The number of nitrogens with zero attached hydrogens (tertiary/aromatic N) is 1. The Morgan fingerprint density at radius 3 is 2.37 bits per heavy atom. The summed E-state index contributed by atoms with van der Waals surface area (Å²) in [5.41, 5.74) is 1.25. The van der Waals surface area contributed by atoms with Crippen molar-refractivity contribution in [3.05, 3.63) is 57.8 Å². The van der Waals surface area contributed by atoms with Crippen LogP contribution in [-0.4, -0.2) is 43.1 Å². The van der Waals surface area contributed by atoms with Crippen LogP contribution in [0.25, 0.3) is 0 Å². The zero-order valence-corrected chi connectivity index (χ0v) is 16.7. The molecule has 0 unspecified atom stereocenters. The van der Waals surface area contributed by atoms with E-state index in [1.807, 2.05) is 0 Å². The Kier molecular flexibility index (Phi) is 8.03. The quantitative estimate of drug-likeness (QED) is 0.518. The van der Waals surface area contributed by atoms with E-state index in [-0.39, 0.29) is 27.6 Å². The summed E-state index contributed by atoms with van der Waals surface area (Å²) in [6, 6.07) is 7.92. The Balaban J connectivity index is 1.91. The van der Waals surface area contributed by atoms with Crippen molar-refractivity contribution < 1.29 is 19.2 Å². The first-order chi connectivity index (χ1) is 12.9. The maximum absolute atomic E-state index is 12.2. The van der Waals surface area contributed by atoms with E-state index in [9.17, 15) is 9.59 Å². The Hall–Kier alpha value is -2.15. The molecule has 0 aliphatic rings. The second-order valence-corrected chi connectivity index (χ2v) is 6.64. The molecule has 8 heteroatoms. The molecule has 1 amide bonds. The number of nitrogens with one attached hydrogen (secondary N) is 2. The van der Waals surface area contributed by atoms with Gasteiger partial charge in [0.15, 0.2) is 0 Å². The standard InChI is InChI=1S/C19H21Cl2N3O3/c1-3-24(4-2)9-10-27-19(26)13-5-7-15(8-6-13)23-18(25)14-11-16(20)17(21)22-12-14/h5-8,11-12H,3-4,9-10H2,1-2H3,(H,23,25)/p+1. The highest BCUT2D eigenvalue weighted by atomic mass is 35.5. The van der Waals surface area contributed by atoms with Gasteiger partial charge in [-0.25, -0.2) is 9.78 Å². The average Bonchev–Trinajstić information content (AvgIpc) is 2.67. The number of esters is 1. The minimum Gasteiger partial charge on any atom is -0.456 e. The third-order valence-electron chi connectivity index (χ3n) is 4.13. The first kappa shape index (κ1) is 21.2. The molecule has 2 aromatic rings. The summed E-state index contributed by atoms with van der Waals surface area (Å²) >= 11 is 11.6. The number of quaternary nitrogens is 1. The van der Waals surface area contributed by atoms with E-state index in [4.69, 9.17) is 27.9 Å². The molecular weight excluding hydrogens is 389 g/mol. The maximum Gasteiger partial charge on any atom is 0.338 e. The van der Waals surface area contributed by atoms with Gasteiger partial charge in [-0.05, 0) is 44.2 Å². The van der Waals surface area contributed by atoms with E-state index in [0.29, 0.717) is 17.9 Å². The lowest BCUT2D eigenvalue weighted by Gasteiger charge is -2.15.